The molecule has 1 unspecified atom stereocenters. The fraction of sp³-hybridized carbons (Fsp3) is 0.259. The number of benzene rings is 3. The number of amides is 1. The number of esters is 1. The molecule has 36 heavy (non-hydrogen) atoms. The van der Waals surface area contributed by atoms with Crippen LogP contribution in [0.3, 0.4) is 0 Å². The van der Waals surface area contributed by atoms with Crippen molar-refractivity contribution >= 4 is 22.2 Å². The molecule has 0 bridgehead atoms. The lowest BCUT2D eigenvalue weighted by atomic mass is 9.98. The van der Waals surface area contributed by atoms with E-state index in [0.29, 0.717) is 5.56 Å². The molecule has 8 nitrogen and oxygen atoms in total. The smallest absolute Gasteiger partial charge is 0.407 e. The molecule has 0 saturated heterocycles. The molecule has 1 atom stereocenters. The monoisotopic (exact) mass is 509 g/mol. The van der Waals surface area contributed by atoms with Crippen LogP contribution in [0.4, 0.5) is 4.79 Å². The number of carbonyl (C=O) groups is 2. The van der Waals surface area contributed by atoms with Gasteiger partial charge in [-0.2, -0.15) is 8.42 Å². The second kappa shape index (κ2) is 10.8. The van der Waals surface area contributed by atoms with Crippen LogP contribution in [-0.2, 0) is 30.8 Å². The topological polar surface area (TPSA) is 108 Å². The predicted molar refractivity (Wildman–Crippen MR) is 134 cm³/mol. The summed E-state index contributed by atoms with van der Waals surface area (Å²) in [6, 6.07) is 21.2. The van der Waals surface area contributed by atoms with Crippen molar-refractivity contribution in [2.75, 3.05) is 19.5 Å². The molecular weight excluding hydrogens is 482 g/mol. The maximum atomic E-state index is 12.7. The summed E-state index contributed by atoms with van der Waals surface area (Å²) >= 11 is 0. The van der Waals surface area contributed by atoms with Crippen LogP contribution in [0, 0.1) is 0 Å². The lowest BCUT2D eigenvalue weighted by molar-refractivity contribution is -0.145. The summed E-state index contributed by atoms with van der Waals surface area (Å²) in [5.74, 6) is -0.549. The fourth-order valence-corrected chi connectivity index (χ4v) is 4.77. The second-order valence-corrected chi connectivity index (χ2v) is 9.98. The quantitative estimate of drug-likeness (QED) is 0.343. The minimum Gasteiger partial charge on any atom is -0.464 e. The number of fused-ring (bicyclic) bond motifs is 3. The van der Waals surface area contributed by atoms with E-state index in [4.69, 9.17) is 13.7 Å². The fourth-order valence-electron chi connectivity index (χ4n) is 4.31. The Morgan fingerprint density at radius 2 is 1.47 bits per heavy atom. The van der Waals surface area contributed by atoms with Crippen LogP contribution >= 0.6 is 0 Å². The summed E-state index contributed by atoms with van der Waals surface area (Å²) < 4.78 is 38.1. The Hall–Kier alpha value is -3.85. The minimum absolute atomic E-state index is 0.105. The van der Waals surface area contributed by atoms with E-state index >= 15 is 0 Å². The lowest BCUT2D eigenvalue weighted by Crippen LogP contribution is -2.44. The summed E-state index contributed by atoms with van der Waals surface area (Å²) in [4.78, 5) is 25.2. The molecule has 0 radical (unpaired) electrons. The zero-order valence-corrected chi connectivity index (χ0v) is 20.8. The summed E-state index contributed by atoms with van der Waals surface area (Å²) in [6.07, 6.45) is 0.352. The van der Waals surface area contributed by atoms with Gasteiger partial charge in [0.25, 0.3) is 0 Å². The maximum Gasteiger partial charge on any atom is 0.407 e. The summed E-state index contributed by atoms with van der Waals surface area (Å²) in [5.41, 5.74) is 5.09. The van der Waals surface area contributed by atoms with E-state index in [0.717, 1.165) is 28.5 Å². The molecule has 1 aliphatic rings. The van der Waals surface area contributed by atoms with Crippen molar-refractivity contribution in [1.29, 1.82) is 0 Å². The first-order chi connectivity index (χ1) is 17.2. The zero-order valence-electron chi connectivity index (χ0n) is 20.0. The van der Waals surface area contributed by atoms with E-state index < -0.39 is 28.2 Å². The summed E-state index contributed by atoms with van der Waals surface area (Å²) in [6.45, 7) is 1.95. The van der Waals surface area contributed by atoms with E-state index in [9.17, 15) is 18.0 Å². The Bertz CT molecular complexity index is 1310. The molecule has 3 aromatic carbocycles. The Kier molecular flexibility index (Phi) is 7.59. The number of carbonyl (C=O) groups excluding carboxylic acids is 2. The van der Waals surface area contributed by atoms with Gasteiger partial charge in [0, 0.05) is 12.3 Å². The summed E-state index contributed by atoms with van der Waals surface area (Å²) in [5, 5.41) is 2.61. The third-order valence-corrected chi connectivity index (χ3v) is 6.31. The molecule has 9 heteroatoms. The van der Waals surface area contributed by atoms with Gasteiger partial charge < -0.3 is 19.0 Å². The van der Waals surface area contributed by atoms with Crippen molar-refractivity contribution in [2.24, 2.45) is 0 Å². The number of rotatable bonds is 9. The number of alkyl carbamates (subject to hydrolysis) is 1. The molecule has 1 amide bonds. The van der Waals surface area contributed by atoms with Crippen LogP contribution in [0.2, 0.25) is 0 Å². The first-order valence-electron chi connectivity index (χ1n) is 11.5. The van der Waals surface area contributed by atoms with E-state index in [1.165, 1.54) is 12.1 Å². The van der Waals surface area contributed by atoms with Crippen LogP contribution in [0.5, 0.6) is 5.75 Å². The van der Waals surface area contributed by atoms with E-state index in [-0.39, 0.29) is 31.3 Å². The Labute approximate surface area is 210 Å². The zero-order chi connectivity index (χ0) is 25.7. The largest absolute Gasteiger partial charge is 0.464 e. The van der Waals surface area contributed by atoms with Crippen LogP contribution in [0.1, 0.15) is 29.5 Å². The highest BCUT2D eigenvalue weighted by Crippen LogP contribution is 2.44. The first kappa shape index (κ1) is 25.2. The van der Waals surface area contributed by atoms with Gasteiger partial charge in [0.15, 0.2) is 0 Å². The predicted octanol–water partition coefficient (Wildman–Crippen LogP) is 4.04. The normalized spacial score (nSPS) is 13.3. The standard InChI is InChI=1S/C27H27NO7S/c1-3-33-26(29)25(16-18-12-14-19(15-13-18)35-36(2,31)32)28-27(30)34-17-24-22-10-6-4-8-20(22)21-9-5-7-11-23(21)24/h4-15,24-25H,3,16-17H2,1-2H3,(H,28,30). The van der Waals surface area contributed by atoms with Crippen molar-refractivity contribution in [2.45, 2.75) is 25.3 Å². The van der Waals surface area contributed by atoms with Gasteiger partial charge in [-0.05, 0) is 46.9 Å². The average Bonchev–Trinajstić information content (AvgIpc) is 3.16. The third-order valence-electron chi connectivity index (χ3n) is 5.82. The number of nitrogens with one attached hydrogen (secondary N) is 1. The van der Waals surface area contributed by atoms with Gasteiger partial charge in [-0.1, -0.05) is 60.7 Å². The van der Waals surface area contributed by atoms with Crippen molar-refractivity contribution in [3.05, 3.63) is 89.5 Å². The van der Waals surface area contributed by atoms with Gasteiger partial charge in [0.2, 0.25) is 0 Å². The van der Waals surface area contributed by atoms with Gasteiger partial charge in [-0.25, -0.2) is 9.59 Å². The average molecular weight is 510 g/mol. The molecule has 4 rings (SSSR count). The molecule has 188 valence electrons. The third kappa shape index (κ3) is 6.04. The highest BCUT2D eigenvalue weighted by atomic mass is 32.2. The maximum absolute atomic E-state index is 12.7. The van der Waals surface area contributed by atoms with Crippen molar-refractivity contribution in [3.8, 4) is 16.9 Å². The molecule has 0 fully saturated rings. The number of hydrogen-bond donors (Lipinski definition) is 1. The highest BCUT2D eigenvalue weighted by Gasteiger charge is 2.30. The summed E-state index contributed by atoms with van der Waals surface area (Å²) in [7, 11) is -3.65. The van der Waals surface area contributed by atoms with Crippen LogP contribution in [0.15, 0.2) is 72.8 Å². The molecule has 3 aromatic rings. The van der Waals surface area contributed by atoms with Crippen LogP contribution in [-0.4, -0.2) is 46.0 Å². The second-order valence-electron chi connectivity index (χ2n) is 8.41. The van der Waals surface area contributed by atoms with Gasteiger partial charge in [0.05, 0.1) is 12.9 Å². The Morgan fingerprint density at radius 3 is 2.03 bits per heavy atom. The molecule has 0 spiro atoms. The number of ether oxygens (including phenoxy) is 2. The SMILES string of the molecule is CCOC(=O)C(Cc1ccc(OS(C)(=O)=O)cc1)NC(=O)OCC1c2ccccc2-c2ccccc21. The van der Waals surface area contributed by atoms with Crippen molar-refractivity contribution in [1.82, 2.24) is 5.32 Å². The van der Waals surface area contributed by atoms with Gasteiger partial charge in [0.1, 0.15) is 18.4 Å². The van der Waals surface area contributed by atoms with Gasteiger partial charge >= 0.3 is 22.2 Å². The molecule has 0 aliphatic heterocycles. The van der Waals surface area contributed by atoms with Gasteiger partial charge in [-0.3, -0.25) is 0 Å². The van der Waals surface area contributed by atoms with E-state index in [1.54, 1.807) is 19.1 Å². The van der Waals surface area contributed by atoms with Crippen molar-refractivity contribution in [3.63, 3.8) is 0 Å². The Balaban J connectivity index is 1.42. The number of hydrogen-bond acceptors (Lipinski definition) is 7. The molecular formula is C27H27NO7S. The first-order valence-corrected chi connectivity index (χ1v) is 13.3. The molecule has 0 aromatic heterocycles. The van der Waals surface area contributed by atoms with Crippen LogP contribution < -0.4 is 9.50 Å². The molecule has 0 saturated carbocycles. The van der Waals surface area contributed by atoms with E-state index in [2.05, 4.69) is 17.4 Å². The minimum atomic E-state index is -3.65. The lowest BCUT2D eigenvalue weighted by Gasteiger charge is -2.19. The van der Waals surface area contributed by atoms with Gasteiger partial charge in [-0.15, -0.1) is 0 Å². The molecule has 1 aliphatic carbocycles. The highest BCUT2D eigenvalue weighted by molar-refractivity contribution is 7.86. The van der Waals surface area contributed by atoms with E-state index in [1.807, 2.05) is 36.4 Å². The molecule has 1 N–H and O–H groups in total. The van der Waals surface area contributed by atoms with Crippen molar-refractivity contribution < 1.29 is 31.7 Å². The molecule has 0 heterocycles. The Morgan fingerprint density at radius 1 is 0.889 bits per heavy atom. The van der Waals surface area contributed by atoms with Crippen LogP contribution in [0.25, 0.3) is 11.1 Å².